The normalized spacial score (nSPS) is 37.0. The molecule has 0 saturated carbocycles. The summed E-state index contributed by atoms with van der Waals surface area (Å²) in [5, 5.41) is 61.8. The quantitative estimate of drug-likeness (QED) is 0.129. The lowest BCUT2D eigenvalue weighted by Crippen LogP contribution is -2.62. The molecule has 6 N–H and O–H groups in total. The number of hydrogen-bond acceptors (Lipinski definition) is 13. The Labute approximate surface area is 206 Å². The molecular weight excluding hydrogens is 484 g/mol. The van der Waals surface area contributed by atoms with Crippen LogP contribution >= 0.6 is 0 Å². The minimum Gasteiger partial charge on any atom is -0.504 e. The molecule has 2 fully saturated rings. The van der Waals surface area contributed by atoms with Gasteiger partial charge in [-0.15, -0.1) is 0 Å². The highest BCUT2D eigenvalue weighted by Crippen LogP contribution is 2.32. The monoisotopic (exact) mass is 514 g/mol. The molecule has 2 aliphatic heterocycles. The number of carbonyl (C=O) groups is 2. The van der Waals surface area contributed by atoms with Crippen LogP contribution in [0.5, 0.6) is 11.5 Å². The molecule has 13 heteroatoms. The van der Waals surface area contributed by atoms with Crippen LogP contribution in [0.1, 0.15) is 19.4 Å². The number of benzene rings is 1. The molecule has 0 aromatic heterocycles. The van der Waals surface area contributed by atoms with Gasteiger partial charge in [0.05, 0.1) is 12.7 Å². The maximum Gasteiger partial charge on any atom is 0.303 e. The second-order valence-electron chi connectivity index (χ2n) is 8.45. The third-order valence-corrected chi connectivity index (χ3v) is 5.77. The summed E-state index contributed by atoms with van der Waals surface area (Å²) >= 11 is 0. The van der Waals surface area contributed by atoms with Gasteiger partial charge in [-0.25, -0.2) is 0 Å². The number of esters is 1. The Hall–Kier alpha value is -2.62. The van der Waals surface area contributed by atoms with Crippen LogP contribution in [0.4, 0.5) is 0 Å². The minimum absolute atomic E-state index is 0.108. The van der Waals surface area contributed by atoms with Gasteiger partial charge in [-0.1, -0.05) is 12.1 Å². The lowest BCUT2D eigenvalue weighted by molar-refractivity contribution is -0.319. The number of rotatable bonds is 8. The average molecular weight is 514 g/mol. The third-order valence-electron chi connectivity index (χ3n) is 5.77. The van der Waals surface area contributed by atoms with Crippen LogP contribution in [0.15, 0.2) is 24.3 Å². The van der Waals surface area contributed by atoms with E-state index in [1.807, 2.05) is 0 Å². The van der Waals surface area contributed by atoms with Crippen molar-refractivity contribution in [1.82, 2.24) is 0 Å². The zero-order valence-electron chi connectivity index (χ0n) is 19.5. The van der Waals surface area contributed by atoms with Gasteiger partial charge in [0, 0.05) is 6.92 Å². The molecule has 0 spiro atoms. The smallest absolute Gasteiger partial charge is 0.303 e. The Morgan fingerprint density at radius 2 is 1.72 bits per heavy atom. The summed E-state index contributed by atoms with van der Waals surface area (Å²) in [6, 6.07) is 4.17. The lowest BCUT2D eigenvalue weighted by Gasteiger charge is -2.43. The number of aliphatic hydroxyl groups is 5. The molecule has 2 saturated heterocycles. The summed E-state index contributed by atoms with van der Waals surface area (Å²) in [5.74, 6) is -1.18. The number of aldehydes is 1. The summed E-state index contributed by atoms with van der Waals surface area (Å²) in [5.41, 5.74) is 0.497. The first-order valence-electron chi connectivity index (χ1n) is 11.1. The summed E-state index contributed by atoms with van der Waals surface area (Å²) in [4.78, 5) is 21.8. The van der Waals surface area contributed by atoms with E-state index >= 15 is 0 Å². The van der Waals surface area contributed by atoms with Gasteiger partial charge in [0.15, 0.2) is 23.9 Å². The van der Waals surface area contributed by atoms with Gasteiger partial charge in [0.2, 0.25) is 6.29 Å². The second-order valence-corrected chi connectivity index (χ2v) is 8.45. The van der Waals surface area contributed by atoms with Crippen LogP contribution < -0.4 is 4.74 Å². The maximum absolute atomic E-state index is 11.3. The molecule has 10 atom stereocenters. The Kier molecular flexibility index (Phi) is 9.38. The first-order valence-corrected chi connectivity index (χ1v) is 11.1. The Balaban J connectivity index is 1.67. The summed E-state index contributed by atoms with van der Waals surface area (Å²) in [7, 11) is 0. The fraction of sp³-hybridized carbons (Fsp3) is 0.565. The van der Waals surface area contributed by atoms with Gasteiger partial charge in [-0.2, -0.15) is 0 Å². The third kappa shape index (κ3) is 6.38. The van der Waals surface area contributed by atoms with E-state index in [4.69, 9.17) is 23.7 Å². The zero-order chi connectivity index (χ0) is 26.6. The molecule has 13 nitrogen and oxygen atoms in total. The number of hydrogen-bond donors (Lipinski definition) is 6. The molecule has 0 aliphatic carbocycles. The van der Waals surface area contributed by atoms with Crippen LogP contribution in [0.2, 0.25) is 0 Å². The molecule has 2 heterocycles. The molecule has 200 valence electrons. The molecule has 2 aliphatic rings. The molecular formula is C23H30O13. The van der Waals surface area contributed by atoms with E-state index in [0.717, 1.165) is 6.92 Å². The molecule has 0 amide bonds. The van der Waals surface area contributed by atoms with E-state index in [1.165, 1.54) is 37.3 Å². The van der Waals surface area contributed by atoms with Crippen molar-refractivity contribution in [3.05, 3.63) is 29.8 Å². The first-order chi connectivity index (χ1) is 17.0. The zero-order valence-corrected chi connectivity index (χ0v) is 19.5. The molecule has 36 heavy (non-hydrogen) atoms. The fourth-order valence-electron chi connectivity index (χ4n) is 3.82. The fourth-order valence-corrected chi connectivity index (χ4v) is 3.82. The molecule has 1 aromatic carbocycles. The van der Waals surface area contributed by atoms with Crippen molar-refractivity contribution in [1.29, 1.82) is 0 Å². The Bertz CT molecular complexity index is 937. The van der Waals surface area contributed by atoms with E-state index in [1.54, 1.807) is 0 Å². The number of allylic oxidation sites excluding steroid dienone is 1. The van der Waals surface area contributed by atoms with Crippen molar-refractivity contribution in [3.63, 3.8) is 0 Å². The lowest BCUT2D eigenvalue weighted by atomic mass is 9.98. The van der Waals surface area contributed by atoms with Crippen molar-refractivity contribution >= 4 is 18.3 Å². The van der Waals surface area contributed by atoms with Crippen molar-refractivity contribution in [3.8, 4) is 11.5 Å². The first kappa shape index (κ1) is 28.0. The largest absolute Gasteiger partial charge is 0.504 e. The van der Waals surface area contributed by atoms with Gasteiger partial charge in [-0.3, -0.25) is 9.59 Å². The van der Waals surface area contributed by atoms with Gasteiger partial charge in [0.25, 0.3) is 0 Å². The van der Waals surface area contributed by atoms with Crippen molar-refractivity contribution in [2.24, 2.45) is 0 Å². The highest BCUT2D eigenvalue weighted by atomic mass is 16.7. The number of ether oxygens (including phenoxy) is 5. The Morgan fingerprint density at radius 3 is 2.36 bits per heavy atom. The van der Waals surface area contributed by atoms with Gasteiger partial charge >= 0.3 is 5.97 Å². The summed E-state index contributed by atoms with van der Waals surface area (Å²) < 4.78 is 26.9. The molecule has 1 aromatic rings. The van der Waals surface area contributed by atoms with Crippen LogP contribution in [0, 0.1) is 0 Å². The average Bonchev–Trinajstić information content (AvgIpc) is 2.84. The van der Waals surface area contributed by atoms with Crippen molar-refractivity contribution in [2.75, 3.05) is 6.61 Å². The Morgan fingerprint density at radius 1 is 1.00 bits per heavy atom. The highest BCUT2D eigenvalue weighted by molar-refractivity contribution is 5.74. The van der Waals surface area contributed by atoms with E-state index in [2.05, 4.69) is 0 Å². The van der Waals surface area contributed by atoms with E-state index in [0.29, 0.717) is 11.8 Å². The van der Waals surface area contributed by atoms with Crippen LogP contribution in [0.3, 0.4) is 0 Å². The van der Waals surface area contributed by atoms with E-state index in [9.17, 15) is 40.2 Å². The standard InChI is InChI=1S/C23H30O13/c1-10-16(27)21(34-11(2)25)20(31)22(33-10)32-9-15-17(28)18(29)19(30)23(36-15)35-14-6-5-12(4-3-7-24)8-13(14)26/h3-8,10,15-23,26-31H,9H2,1-2H3. The van der Waals surface area contributed by atoms with Gasteiger partial charge < -0.3 is 54.3 Å². The topological polar surface area (TPSA) is 202 Å². The SMILES string of the molecule is CC(=O)OC1C(O)C(C)OC(OCC2OC(Oc3ccc(C=CC=O)cc3O)C(O)C(O)C2O)C1O. The van der Waals surface area contributed by atoms with E-state index in [-0.39, 0.29) is 11.5 Å². The number of phenols is 1. The number of carbonyl (C=O) groups excluding carboxylic acids is 2. The van der Waals surface area contributed by atoms with Gasteiger partial charge in [-0.05, 0) is 30.7 Å². The maximum atomic E-state index is 11.3. The summed E-state index contributed by atoms with van der Waals surface area (Å²) in [6.07, 6.45) is -11.1. The van der Waals surface area contributed by atoms with Gasteiger partial charge in [0.1, 0.15) is 42.9 Å². The number of phenolic OH excluding ortho intramolecular Hbond substituents is 1. The summed E-state index contributed by atoms with van der Waals surface area (Å²) in [6.45, 7) is 2.12. The molecule has 0 radical (unpaired) electrons. The predicted molar refractivity (Wildman–Crippen MR) is 118 cm³/mol. The number of aromatic hydroxyl groups is 1. The van der Waals surface area contributed by atoms with Crippen molar-refractivity contribution in [2.45, 2.75) is 75.3 Å². The molecule has 3 rings (SSSR count). The predicted octanol–water partition coefficient (Wildman–Crippen LogP) is -1.79. The van der Waals surface area contributed by atoms with Crippen LogP contribution in [-0.4, -0.2) is 111 Å². The second kappa shape index (κ2) is 12.1. The van der Waals surface area contributed by atoms with Crippen LogP contribution in [-0.2, 0) is 28.5 Å². The van der Waals surface area contributed by atoms with Crippen LogP contribution in [0.25, 0.3) is 6.08 Å². The van der Waals surface area contributed by atoms with E-state index < -0.39 is 74.0 Å². The molecule has 0 bridgehead atoms. The number of aliphatic hydroxyl groups excluding tert-OH is 5. The minimum atomic E-state index is -1.72. The highest BCUT2D eigenvalue weighted by Gasteiger charge is 2.48. The molecule has 10 unspecified atom stereocenters. The van der Waals surface area contributed by atoms with Crippen molar-refractivity contribution < 1.29 is 63.9 Å².